The van der Waals surface area contributed by atoms with Gasteiger partial charge in [0.25, 0.3) is 6.29 Å². The second kappa shape index (κ2) is 74.5. The molecule has 2 unspecified atom stereocenters. The molecule has 0 heterocycles. The van der Waals surface area contributed by atoms with Crippen LogP contribution in [0.2, 0.25) is 0 Å². The van der Waals surface area contributed by atoms with Gasteiger partial charge in [-0.25, -0.2) is 4.79 Å². The molecule has 0 aromatic carbocycles. The van der Waals surface area contributed by atoms with Crippen molar-refractivity contribution in [1.82, 2.24) is 0 Å². The molecule has 2 atom stereocenters. The van der Waals surface area contributed by atoms with Crippen molar-refractivity contribution in [1.29, 1.82) is 0 Å². The molecule has 0 aromatic rings. The maximum Gasteiger partial charge on any atom is 0.361 e. The van der Waals surface area contributed by atoms with Crippen molar-refractivity contribution in [2.75, 3.05) is 47.5 Å². The Kier molecular flexibility index (Phi) is 71.9. The van der Waals surface area contributed by atoms with E-state index in [2.05, 4.69) is 86.8 Å². The van der Waals surface area contributed by atoms with Crippen molar-refractivity contribution in [3.05, 3.63) is 72.9 Å². The molecule has 0 fully saturated rings. The van der Waals surface area contributed by atoms with Crippen LogP contribution in [-0.4, -0.2) is 87.4 Å². The molecule has 0 saturated carbocycles. The normalized spacial score (nSPS) is 13.0. The molecule has 0 saturated heterocycles. The number of hydrogen-bond acceptors (Lipinski definition) is 7. The lowest BCUT2D eigenvalue weighted by Crippen LogP contribution is -2.40. The number of allylic oxidation sites excluding steroid dienone is 12. The highest BCUT2D eigenvalue weighted by Gasteiger charge is 2.25. The van der Waals surface area contributed by atoms with Crippen molar-refractivity contribution in [2.24, 2.45) is 0 Å². The predicted molar refractivity (Wildman–Crippen MR) is 401 cm³/mol. The highest BCUT2D eigenvalue weighted by atomic mass is 16.7. The fourth-order valence-corrected chi connectivity index (χ4v) is 11.9. The van der Waals surface area contributed by atoms with Gasteiger partial charge in [0.15, 0.2) is 6.10 Å². The number of carboxylic acids is 1. The molecular formula is C84H154NO8+. The minimum Gasteiger partial charge on any atom is -0.477 e. The summed E-state index contributed by atoms with van der Waals surface area (Å²) in [6.45, 7) is 4.83. The number of carboxylic acid groups (broad SMARTS) is 1. The van der Waals surface area contributed by atoms with Gasteiger partial charge in [-0.05, 0) is 83.5 Å². The highest BCUT2D eigenvalue weighted by Crippen LogP contribution is 2.19. The van der Waals surface area contributed by atoms with E-state index in [9.17, 15) is 19.5 Å². The molecule has 93 heavy (non-hydrogen) atoms. The number of aliphatic carboxylic acids is 1. The topological polar surface area (TPSA) is 108 Å². The zero-order chi connectivity index (χ0) is 67.5. The number of nitrogens with zero attached hydrogens (tertiary/aromatic N) is 1. The summed E-state index contributed by atoms with van der Waals surface area (Å²) < 4.78 is 23.1. The predicted octanol–water partition coefficient (Wildman–Crippen LogP) is 25.6. The summed E-state index contributed by atoms with van der Waals surface area (Å²) in [7, 11) is 6.00. The van der Waals surface area contributed by atoms with Crippen molar-refractivity contribution < 1.29 is 42.9 Å². The summed E-state index contributed by atoms with van der Waals surface area (Å²) in [4.78, 5) is 37.7. The minimum absolute atomic E-state index is 0.178. The van der Waals surface area contributed by atoms with Crippen LogP contribution in [0.25, 0.3) is 0 Å². The molecule has 0 aliphatic rings. The molecule has 0 aliphatic carbocycles. The van der Waals surface area contributed by atoms with Gasteiger partial charge in [0.1, 0.15) is 13.2 Å². The summed E-state index contributed by atoms with van der Waals surface area (Å²) in [5.74, 6) is -1.98. The summed E-state index contributed by atoms with van der Waals surface area (Å²) in [6.07, 6.45) is 97.7. The zero-order valence-corrected chi connectivity index (χ0v) is 62.2. The average molecular weight is 1310 g/mol. The third-order valence-electron chi connectivity index (χ3n) is 17.9. The van der Waals surface area contributed by atoms with Crippen LogP contribution < -0.4 is 0 Å². The van der Waals surface area contributed by atoms with E-state index >= 15 is 0 Å². The van der Waals surface area contributed by atoms with Gasteiger partial charge in [-0.3, -0.25) is 9.59 Å². The van der Waals surface area contributed by atoms with Gasteiger partial charge in [0, 0.05) is 12.8 Å². The van der Waals surface area contributed by atoms with E-state index in [1.54, 1.807) is 0 Å². The van der Waals surface area contributed by atoms with Gasteiger partial charge in [-0.2, -0.15) is 0 Å². The van der Waals surface area contributed by atoms with Crippen LogP contribution in [0.15, 0.2) is 72.9 Å². The maximum absolute atomic E-state index is 13.0. The summed E-state index contributed by atoms with van der Waals surface area (Å²) in [5, 5.41) is 9.77. The largest absolute Gasteiger partial charge is 0.477 e. The third kappa shape index (κ3) is 76.0. The van der Waals surface area contributed by atoms with Crippen molar-refractivity contribution in [2.45, 2.75) is 399 Å². The Morgan fingerprint density at radius 2 is 0.613 bits per heavy atom. The van der Waals surface area contributed by atoms with Crippen molar-refractivity contribution in [3.63, 3.8) is 0 Å². The Balaban J connectivity index is 3.99. The lowest BCUT2D eigenvalue weighted by Gasteiger charge is -2.25. The van der Waals surface area contributed by atoms with Gasteiger partial charge in [0.2, 0.25) is 0 Å². The van der Waals surface area contributed by atoms with Crippen LogP contribution in [0, 0.1) is 0 Å². The molecule has 0 bridgehead atoms. The Bertz CT molecular complexity index is 1760. The fourth-order valence-electron chi connectivity index (χ4n) is 11.9. The van der Waals surface area contributed by atoms with Gasteiger partial charge in [0.05, 0.1) is 34.4 Å². The first-order valence-corrected chi connectivity index (χ1v) is 40.1. The monoisotopic (exact) mass is 1310 g/mol. The van der Waals surface area contributed by atoms with Gasteiger partial charge >= 0.3 is 17.9 Å². The maximum atomic E-state index is 13.0. The third-order valence-corrected chi connectivity index (χ3v) is 17.9. The minimum atomic E-state index is -1.51. The number of unbranched alkanes of at least 4 members (excludes halogenated alkanes) is 48. The molecule has 0 spiro atoms. The molecule has 9 nitrogen and oxygen atoms in total. The van der Waals surface area contributed by atoms with Crippen LogP contribution >= 0.6 is 0 Å². The number of rotatable bonds is 75. The van der Waals surface area contributed by atoms with E-state index in [0.717, 1.165) is 70.6 Å². The molecule has 0 amide bonds. The summed E-state index contributed by atoms with van der Waals surface area (Å²) in [5.41, 5.74) is 0. The number of esters is 2. The van der Waals surface area contributed by atoms with Crippen molar-refractivity contribution in [3.8, 4) is 0 Å². The van der Waals surface area contributed by atoms with Crippen LogP contribution in [0.5, 0.6) is 0 Å². The van der Waals surface area contributed by atoms with E-state index in [1.807, 2.05) is 21.1 Å². The van der Waals surface area contributed by atoms with E-state index in [4.69, 9.17) is 18.9 Å². The first-order valence-electron chi connectivity index (χ1n) is 40.1. The van der Waals surface area contributed by atoms with Gasteiger partial charge in [-0.1, -0.05) is 363 Å². The quantitative estimate of drug-likeness (QED) is 0.0211. The summed E-state index contributed by atoms with van der Waals surface area (Å²) in [6, 6.07) is 0. The molecule has 0 radical (unpaired) electrons. The number of carbonyl (C=O) groups is 3. The lowest BCUT2D eigenvalue weighted by atomic mass is 10.0. The molecular weight excluding hydrogens is 1150 g/mol. The van der Waals surface area contributed by atoms with Crippen LogP contribution in [0.1, 0.15) is 386 Å². The van der Waals surface area contributed by atoms with E-state index in [1.165, 1.54) is 289 Å². The molecule has 0 aromatic heterocycles. The standard InChI is InChI=1S/C84H153NO8/c1-6-8-10-12-14-16-18-20-22-24-26-28-30-32-34-36-38-40-41-43-45-47-49-51-53-55-57-59-61-63-65-67-69-71-73-75-82(87)93-80(79-92-84(83(88)89)90-77-76-85(3,4)5)78-91-81(86)74-72-70-68-66-64-62-60-58-56-54-52-50-48-46-44-42-39-37-35-33-31-29-27-25-23-21-19-17-15-13-11-9-7-2/h8,10,14,16,20,22,25-28,32,34,80,84H,6-7,9,11-13,15,17-19,21,23-24,29-31,33,35-79H2,1-5H3/p+1/b10-8-,16-14-,22-20-,27-25-,28-26-,34-32-. The smallest absolute Gasteiger partial charge is 0.361 e. The molecule has 0 aliphatic heterocycles. The number of carbonyl (C=O) groups excluding carboxylic acids is 2. The first-order chi connectivity index (χ1) is 45.6. The van der Waals surface area contributed by atoms with E-state index in [0.29, 0.717) is 17.4 Å². The van der Waals surface area contributed by atoms with Gasteiger partial charge < -0.3 is 28.5 Å². The Morgan fingerprint density at radius 3 is 0.925 bits per heavy atom. The summed E-state index contributed by atoms with van der Waals surface area (Å²) >= 11 is 0. The second-order valence-electron chi connectivity index (χ2n) is 28.3. The Morgan fingerprint density at radius 1 is 0.333 bits per heavy atom. The fraction of sp³-hybridized carbons (Fsp3) is 0.821. The zero-order valence-electron chi connectivity index (χ0n) is 62.2. The Hall–Kier alpha value is -3.27. The Labute approximate surface area is 577 Å². The SMILES string of the molecule is CC/C=C\C/C=C\C/C=C\C/C=C\C/C=C\CCCCCCCCCCCCCCCCCCCCCC(=O)OC(COC(=O)CCCCCCCCCCCCCCCCCCCCCCC/C=C\CCCCCCCCCC)COC(OCC[N+](C)(C)C)C(=O)O. The van der Waals surface area contributed by atoms with E-state index < -0.39 is 18.4 Å². The molecule has 9 heteroatoms. The molecule has 0 rings (SSSR count). The number of quaternary nitrogens is 1. The van der Waals surface area contributed by atoms with Crippen LogP contribution in [0.4, 0.5) is 0 Å². The van der Waals surface area contributed by atoms with E-state index in [-0.39, 0.29) is 38.2 Å². The second-order valence-corrected chi connectivity index (χ2v) is 28.3. The molecule has 1 N–H and O–H groups in total. The number of likely N-dealkylation sites (N-methyl/N-ethyl adjacent to an activating group) is 1. The average Bonchev–Trinajstić information content (AvgIpc) is 3.74. The number of hydrogen-bond donors (Lipinski definition) is 1. The first kappa shape index (κ1) is 89.7. The van der Waals surface area contributed by atoms with Crippen LogP contribution in [0.3, 0.4) is 0 Å². The van der Waals surface area contributed by atoms with Gasteiger partial charge in [-0.15, -0.1) is 0 Å². The number of ether oxygens (including phenoxy) is 4. The van der Waals surface area contributed by atoms with Crippen molar-refractivity contribution >= 4 is 17.9 Å². The highest BCUT2D eigenvalue weighted by molar-refractivity contribution is 5.71. The molecule has 542 valence electrons. The lowest BCUT2D eigenvalue weighted by molar-refractivity contribution is -0.870. The van der Waals surface area contributed by atoms with Crippen LogP contribution in [-0.2, 0) is 33.3 Å².